The molecule has 2 aromatic carbocycles. The predicted molar refractivity (Wildman–Crippen MR) is 147 cm³/mol. The Morgan fingerprint density at radius 2 is 1.68 bits per heavy atom. The summed E-state index contributed by atoms with van der Waals surface area (Å²) in [5.41, 5.74) is 2.25. The van der Waals surface area contributed by atoms with Gasteiger partial charge in [-0.25, -0.2) is 9.18 Å². The van der Waals surface area contributed by atoms with Gasteiger partial charge in [-0.3, -0.25) is 9.59 Å². The minimum Gasteiger partial charge on any atom is -0.369 e. The van der Waals surface area contributed by atoms with Crippen molar-refractivity contribution in [2.75, 3.05) is 36.4 Å². The molecule has 0 radical (unpaired) electrons. The molecule has 2 aliphatic rings. The average Bonchev–Trinajstić information content (AvgIpc) is 3.08. The second-order valence-electron chi connectivity index (χ2n) is 11.2. The van der Waals surface area contributed by atoms with Gasteiger partial charge in [-0.2, -0.15) is 0 Å². The van der Waals surface area contributed by atoms with Gasteiger partial charge < -0.3 is 25.8 Å². The van der Waals surface area contributed by atoms with E-state index >= 15 is 0 Å². The van der Waals surface area contributed by atoms with Crippen LogP contribution in [0.15, 0.2) is 42.5 Å². The first-order valence-electron chi connectivity index (χ1n) is 13.4. The molecule has 0 atom stereocenters. The van der Waals surface area contributed by atoms with Crippen molar-refractivity contribution in [1.82, 2.24) is 15.5 Å². The third-order valence-electron chi connectivity index (χ3n) is 6.96. The molecule has 0 unspecified atom stereocenters. The Bertz CT molecular complexity index is 1160. The number of benzene rings is 2. The van der Waals surface area contributed by atoms with Gasteiger partial charge in [0.25, 0.3) is 5.91 Å². The molecule has 204 valence electrons. The Labute approximate surface area is 224 Å². The van der Waals surface area contributed by atoms with Gasteiger partial charge in [0, 0.05) is 55.6 Å². The third-order valence-corrected chi connectivity index (χ3v) is 6.96. The van der Waals surface area contributed by atoms with Crippen LogP contribution >= 0.6 is 0 Å². The van der Waals surface area contributed by atoms with Gasteiger partial charge >= 0.3 is 6.03 Å². The first-order valence-corrected chi connectivity index (χ1v) is 13.4. The molecule has 4 rings (SSSR count). The molecule has 0 spiro atoms. The molecule has 0 aromatic heterocycles. The van der Waals surface area contributed by atoms with Gasteiger partial charge in [-0.15, -0.1) is 0 Å². The Kier molecular flexibility index (Phi) is 8.54. The van der Waals surface area contributed by atoms with Crippen LogP contribution in [0.5, 0.6) is 0 Å². The smallest absolute Gasteiger partial charge is 0.317 e. The highest BCUT2D eigenvalue weighted by Gasteiger charge is 2.27. The van der Waals surface area contributed by atoms with Gasteiger partial charge in [0.05, 0.1) is 5.56 Å². The second kappa shape index (κ2) is 11.8. The maximum atomic E-state index is 13.4. The van der Waals surface area contributed by atoms with E-state index < -0.39 is 0 Å². The molecule has 1 saturated carbocycles. The molecular formula is C29H38FN5O3. The second-order valence-corrected chi connectivity index (χ2v) is 11.2. The summed E-state index contributed by atoms with van der Waals surface area (Å²) in [7, 11) is 0. The van der Waals surface area contributed by atoms with E-state index in [4.69, 9.17) is 0 Å². The number of carbonyl (C=O) groups excluding carboxylic acids is 3. The van der Waals surface area contributed by atoms with Crippen LogP contribution in [0.3, 0.4) is 0 Å². The number of amides is 4. The topological polar surface area (TPSA) is 93.8 Å². The summed E-state index contributed by atoms with van der Waals surface area (Å²) in [4.78, 5) is 42.6. The fourth-order valence-electron chi connectivity index (χ4n) is 4.63. The first kappa shape index (κ1) is 27.4. The molecule has 1 heterocycles. The molecule has 1 saturated heterocycles. The van der Waals surface area contributed by atoms with Crippen LogP contribution in [0.2, 0.25) is 0 Å². The van der Waals surface area contributed by atoms with Crippen molar-refractivity contribution in [2.24, 2.45) is 5.92 Å². The van der Waals surface area contributed by atoms with Crippen molar-refractivity contribution < 1.29 is 18.8 Å². The highest BCUT2D eigenvalue weighted by atomic mass is 19.1. The van der Waals surface area contributed by atoms with Crippen LogP contribution in [0.1, 0.15) is 62.4 Å². The number of nitrogens with zero attached hydrogens (tertiary/aromatic N) is 2. The number of urea groups is 1. The van der Waals surface area contributed by atoms with E-state index in [1.54, 1.807) is 18.2 Å². The van der Waals surface area contributed by atoms with Gasteiger partial charge in [-0.05, 0) is 75.9 Å². The molecule has 9 heteroatoms. The molecule has 2 fully saturated rings. The van der Waals surface area contributed by atoms with E-state index in [1.807, 2.05) is 37.8 Å². The lowest BCUT2D eigenvalue weighted by atomic mass is 9.85. The van der Waals surface area contributed by atoms with E-state index in [1.165, 1.54) is 12.1 Å². The summed E-state index contributed by atoms with van der Waals surface area (Å²) in [5, 5.41) is 8.92. The lowest BCUT2D eigenvalue weighted by molar-refractivity contribution is -0.122. The van der Waals surface area contributed by atoms with Gasteiger partial charge in [-0.1, -0.05) is 18.6 Å². The average molecular weight is 524 g/mol. The molecule has 3 N–H and O–H groups in total. The van der Waals surface area contributed by atoms with Crippen molar-refractivity contribution >= 4 is 29.2 Å². The normalized spacial score (nSPS) is 16.3. The number of nitrogens with one attached hydrogen (secondary N) is 3. The lowest BCUT2D eigenvalue weighted by Gasteiger charge is -2.28. The fraction of sp³-hybridized carbons (Fsp3) is 0.483. The first-order chi connectivity index (χ1) is 18.1. The number of rotatable bonds is 6. The van der Waals surface area contributed by atoms with E-state index in [9.17, 15) is 18.8 Å². The Balaban J connectivity index is 1.52. The van der Waals surface area contributed by atoms with Crippen LogP contribution in [0, 0.1) is 11.7 Å². The molecule has 1 aliphatic heterocycles. The summed E-state index contributed by atoms with van der Waals surface area (Å²) >= 11 is 0. The number of hydrogen-bond donors (Lipinski definition) is 3. The number of anilines is 2. The van der Waals surface area contributed by atoms with Crippen molar-refractivity contribution in [3.63, 3.8) is 0 Å². The van der Waals surface area contributed by atoms with Crippen LogP contribution in [-0.2, 0) is 11.3 Å². The van der Waals surface area contributed by atoms with E-state index in [-0.39, 0.29) is 41.7 Å². The summed E-state index contributed by atoms with van der Waals surface area (Å²) in [5.74, 6) is -0.600. The van der Waals surface area contributed by atoms with Crippen molar-refractivity contribution in [3.8, 4) is 0 Å². The Morgan fingerprint density at radius 1 is 0.947 bits per heavy atom. The van der Waals surface area contributed by atoms with Crippen LogP contribution in [0.25, 0.3) is 0 Å². The molecule has 0 bridgehead atoms. The SMILES string of the molecule is CC(C)(C)NC(=O)N1CCCN(c2ccc(NC(=O)C3CCC3)cc2C(=O)NCc2ccc(F)cc2)CC1. The fourth-order valence-corrected chi connectivity index (χ4v) is 4.63. The predicted octanol–water partition coefficient (Wildman–Crippen LogP) is 4.51. The van der Waals surface area contributed by atoms with E-state index in [0.717, 1.165) is 36.9 Å². The minimum absolute atomic E-state index is 0.0167. The van der Waals surface area contributed by atoms with Crippen molar-refractivity contribution in [3.05, 3.63) is 59.4 Å². The minimum atomic E-state index is -0.330. The largest absolute Gasteiger partial charge is 0.369 e. The highest BCUT2D eigenvalue weighted by molar-refractivity contribution is 6.02. The zero-order valence-electron chi connectivity index (χ0n) is 22.5. The summed E-state index contributed by atoms with van der Waals surface area (Å²) in [6, 6.07) is 11.3. The Morgan fingerprint density at radius 3 is 2.34 bits per heavy atom. The van der Waals surface area contributed by atoms with Gasteiger partial charge in [0.15, 0.2) is 0 Å². The number of hydrogen-bond acceptors (Lipinski definition) is 4. The van der Waals surface area contributed by atoms with Crippen LogP contribution in [0.4, 0.5) is 20.6 Å². The Hall–Kier alpha value is -3.62. The van der Waals surface area contributed by atoms with Crippen LogP contribution < -0.4 is 20.9 Å². The van der Waals surface area contributed by atoms with Gasteiger partial charge in [0.1, 0.15) is 5.82 Å². The summed E-state index contributed by atoms with van der Waals surface area (Å²) in [6.45, 7) is 8.52. The van der Waals surface area contributed by atoms with Crippen molar-refractivity contribution in [2.45, 2.75) is 58.5 Å². The molecule has 8 nitrogen and oxygen atoms in total. The maximum absolute atomic E-state index is 13.4. The monoisotopic (exact) mass is 523 g/mol. The van der Waals surface area contributed by atoms with Crippen molar-refractivity contribution in [1.29, 1.82) is 0 Å². The summed E-state index contributed by atoms with van der Waals surface area (Å²) < 4.78 is 13.3. The number of halogens is 1. The van der Waals surface area contributed by atoms with E-state index in [2.05, 4.69) is 20.9 Å². The standard InChI is InChI=1S/C29H38FN5O3/c1-29(2,3)33-28(38)35-15-5-14-34(16-17-35)25-13-12-23(32-26(36)21-6-4-7-21)18-24(25)27(37)31-19-20-8-10-22(30)11-9-20/h8-13,18,21H,4-7,14-17,19H2,1-3H3,(H,31,37)(H,32,36)(H,33,38). The maximum Gasteiger partial charge on any atom is 0.317 e. The van der Waals surface area contributed by atoms with E-state index in [0.29, 0.717) is 37.4 Å². The molecular weight excluding hydrogens is 485 g/mol. The quantitative estimate of drug-likeness (QED) is 0.519. The van der Waals surface area contributed by atoms with Crippen LogP contribution in [-0.4, -0.2) is 54.5 Å². The highest BCUT2D eigenvalue weighted by Crippen LogP contribution is 2.30. The molecule has 4 amide bonds. The zero-order chi connectivity index (χ0) is 27.3. The molecule has 2 aromatic rings. The lowest BCUT2D eigenvalue weighted by Crippen LogP contribution is -2.49. The van der Waals surface area contributed by atoms with Gasteiger partial charge in [0.2, 0.25) is 5.91 Å². The third kappa shape index (κ3) is 7.24. The molecule has 1 aliphatic carbocycles. The molecule has 38 heavy (non-hydrogen) atoms. The summed E-state index contributed by atoms with van der Waals surface area (Å²) in [6.07, 6.45) is 3.60. The zero-order valence-corrected chi connectivity index (χ0v) is 22.5. The number of carbonyl (C=O) groups is 3.